The maximum atomic E-state index is 12.0. The molecule has 0 saturated carbocycles. The zero-order valence-corrected chi connectivity index (χ0v) is 11.5. The minimum atomic E-state index is -0.828. The van der Waals surface area contributed by atoms with Crippen molar-refractivity contribution in [2.75, 3.05) is 7.11 Å². The third-order valence-corrected chi connectivity index (χ3v) is 2.29. The third-order valence-electron chi connectivity index (χ3n) is 2.29. The number of nitrogens with zero attached hydrogens (tertiary/aromatic N) is 1. The number of ether oxygens (including phenoxy) is 1. The molecule has 0 aliphatic heterocycles. The van der Waals surface area contributed by atoms with E-state index in [4.69, 9.17) is 0 Å². The second-order valence-electron chi connectivity index (χ2n) is 3.80. The van der Waals surface area contributed by atoms with Crippen molar-refractivity contribution in [3.05, 3.63) is 24.4 Å². The lowest BCUT2D eigenvalue weighted by molar-refractivity contribution is -0.147. The van der Waals surface area contributed by atoms with Crippen LogP contribution < -0.4 is 0 Å². The van der Waals surface area contributed by atoms with Gasteiger partial charge in [0.15, 0.2) is 5.78 Å². The fraction of sp³-hybridized carbons (Fsp3) is 0.500. The Kier molecular flexibility index (Phi) is 8.45. The van der Waals surface area contributed by atoms with Gasteiger partial charge in [0.05, 0.1) is 7.11 Å². The molecule has 0 aromatic rings. The normalized spacial score (nSPS) is 14.1. The van der Waals surface area contributed by atoms with E-state index in [-0.39, 0.29) is 11.5 Å². The minimum Gasteiger partial charge on any atom is -0.468 e. The second kappa shape index (κ2) is 9.33. The number of rotatable bonds is 7. The molecular weight excluding hydrogens is 230 g/mol. The van der Waals surface area contributed by atoms with Crippen LogP contribution in [-0.4, -0.2) is 24.6 Å². The van der Waals surface area contributed by atoms with E-state index >= 15 is 0 Å². The molecule has 0 aromatic carbocycles. The van der Waals surface area contributed by atoms with Gasteiger partial charge in [0.2, 0.25) is 0 Å². The molecule has 0 saturated heterocycles. The van der Waals surface area contributed by atoms with Crippen molar-refractivity contribution in [3.8, 4) is 0 Å². The summed E-state index contributed by atoms with van der Waals surface area (Å²) in [6.07, 6.45) is 8.66. The topological polar surface area (TPSA) is 55.7 Å². The van der Waals surface area contributed by atoms with Gasteiger partial charge in [0.25, 0.3) is 0 Å². The highest BCUT2D eigenvalue weighted by molar-refractivity contribution is 6.47. The van der Waals surface area contributed by atoms with Crippen molar-refractivity contribution in [1.29, 1.82) is 0 Å². The van der Waals surface area contributed by atoms with E-state index in [0.717, 1.165) is 12.8 Å². The van der Waals surface area contributed by atoms with Gasteiger partial charge < -0.3 is 4.74 Å². The highest BCUT2D eigenvalue weighted by Crippen LogP contribution is 2.04. The number of hydrogen-bond donors (Lipinski definition) is 0. The molecule has 0 fully saturated rings. The van der Waals surface area contributed by atoms with Gasteiger partial charge in [-0.2, -0.15) is 0 Å². The van der Waals surface area contributed by atoms with Crippen LogP contribution in [0.15, 0.2) is 29.4 Å². The molecule has 0 bridgehead atoms. The number of hydrogen-bond acceptors (Lipinski definition) is 4. The summed E-state index contributed by atoms with van der Waals surface area (Å²) in [5, 5.41) is 0. The fourth-order valence-corrected chi connectivity index (χ4v) is 1.21. The van der Waals surface area contributed by atoms with Gasteiger partial charge >= 0.3 is 5.97 Å². The van der Waals surface area contributed by atoms with Gasteiger partial charge in [-0.3, -0.25) is 14.6 Å². The van der Waals surface area contributed by atoms with E-state index in [0.29, 0.717) is 0 Å². The third kappa shape index (κ3) is 5.57. The Hall–Kier alpha value is -1.71. The number of ketones is 1. The summed E-state index contributed by atoms with van der Waals surface area (Å²) in [7, 11) is 1.27. The monoisotopic (exact) mass is 251 g/mol. The Morgan fingerprint density at radius 3 is 2.56 bits per heavy atom. The Labute approximate surface area is 108 Å². The number of allylic oxidation sites excluding steroid dienone is 3. The van der Waals surface area contributed by atoms with Crippen LogP contribution in [0.1, 0.15) is 33.6 Å². The van der Waals surface area contributed by atoms with E-state index < -0.39 is 11.9 Å². The van der Waals surface area contributed by atoms with Gasteiger partial charge in [-0.25, -0.2) is 0 Å². The predicted octanol–water partition coefficient (Wildman–Crippen LogP) is 2.70. The first kappa shape index (κ1) is 16.3. The molecule has 0 radical (unpaired) electrons. The molecule has 1 unspecified atom stereocenters. The van der Waals surface area contributed by atoms with Gasteiger partial charge in [0.1, 0.15) is 11.6 Å². The summed E-state index contributed by atoms with van der Waals surface area (Å²) in [6, 6.07) is 0. The first-order valence-corrected chi connectivity index (χ1v) is 6.06. The molecule has 1 atom stereocenters. The summed E-state index contributed by atoms with van der Waals surface area (Å²) >= 11 is 0. The molecule has 0 aromatic heterocycles. The average molecular weight is 251 g/mol. The zero-order chi connectivity index (χ0) is 14.0. The molecular formula is C14H21NO3. The number of Topliss-reactive ketones (excluding diaryl/α,β-unsaturated/α-hetero) is 1. The van der Waals surface area contributed by atoms with Crippen LogP contribution in [0.4, 0.5) is 0 Å². The maximum Gasteiger partial charge on any atom is 0.316 e. The summed E-state index contributed by atoms with van der Waals surface area (Å²) < 4.78 is 4.56. The zero-order valence-electron chi connectivity index (χ0n) is 11.5. The molecule has 0 aliphatic rings. The van der Waals surface area contributed by atoms with Crippen LogP contribution in [0, 0.1) is 5.92 Å². The van der Waals surface area contributed by atoms with Gasteiger partial charge in [-0.05, 0) is 26.3 Å². The van der Waals surface area contributed by atoms with Crippen molar-refractivity contribution >= 4 is 17.5 Å². The number of methoxy groups -OCH3 is 1. The van der Waals surface area contributed by atoms with Crippen molar-refractivity contribution in [1.82, 2.24) is 0 Å². The van der Waals surface area contributed by atoms with Gasteiger partial charge in [0, 0.05) is 6.20 Å². The number of aliphatic imine (C=N–C) groups is 1. The molecule has 100 valence electrons. The molecule has 0 rings (SSSR count). The van der Waals surface area contributed by atoms with E-state index in [1.54, 1.807) is 12.2 Å². The largest absolute Gasteiger partial charge is 0.468 e. The number of carbonyl (C=O) groups is 2. The molecule has 0 amide bonds. The lowest BCUT2D eigenvalue weighted by atomic mass is 10.0. The minimum absolute atomic E-state index is 0.277. The van der Waals surface area contributed by atoms with Crippen molar-refractivity contribution in [2.24, 2.45) is 10.9 Å². The molecule has 0 aliphatic carbocycles. The number of carbonyl (C=O) groups excluding carboxylic acids is 2. The molecule has 0 N–H and O–H groups in total. The molecule has 4 nitrogen and oxygen atoms in total. The Morgan fingerprint density at radius 2 is 2.06 bits per heavy atom. The van der Waals surface area contributed by atoms with E-state index in [1.807, 2.05) is 19.9 Å². The molecule has 18 heavy (non-hydrogen) atoms. The number of unbranched alkanes of at least 4 members (excludes halogenated alkanes) is 1. The first-order valence-electron chi connectivity index (χ1n) is 6.06. The Balaban J connectivity index is 4.97. The van der Waals surface area contributed by atoms with Gasteiger partial charge in [-0.15, -0.1) is 0 Å². The number of esters is 1. The molecule has 0 heterocycles. The van der Waals surface area contributed by atoms with Crippen LogP contribution in [0.2, 0.25) is 0 Å². The molecule has 0 spiro atoms. The fourth-order valence-electron chi connectivity index (χ4n) is 1.21. The highest BCUT2D eigenvalue weighted by atomic mass is 16.5. The SMILES string of the molecule is C\C=C/N=C(/C=C/CCC)C(=O)C(C)C(=O)OC. The van der Waals surface area contributed by atoms with Crippen molar-refractivity contribution < 1.29 is 14.3 Å². The van der Waals surface area contributed by atoms with Crippen LogP contribution >= 0.6 is 0 Å². The Morgan fingerprint density at radius 1 is 1.39 bits per heavy atom. The van der Waals surface area contributed by atoms with Crippen molar-refractivity contribution in [3.63, 3.8) is 0 Å². The summed E-state index contributed by atoms with van der Waals surface area (Å²) in [5.41, 5.74) is 0.277. The lowest BCUT2D eigenvalue weighted by Gasteiger charge is -2.07. The van der Waals surface area contributed by atoms with Gasteiger partial charge in [-0.1, -0.05) is 25.5 Å². The van der Waals surface area contributed by atoms with Crippen LogP contribution in [-0.2, 0) is 14.3 Å². The Bertz CT molecular complexity index is 367. The van der Waals surface area contributed by atoms with Crippen molar-refractivity contribution in [2.45, 2.75) is 33.6 Å². The van der Waals surface area contributed by atoms with Crippen LogP contribution in [0.3, 0.4) is 0 Å². The highest BCUT2D eigenvalue weighted by Gasteiger charge is 2.24. The summed E-state index contributed by atoms with van der Waals surface area (Å²) in [6.45, 7) is 5.38. The lowest BCUT2D eigenvalue weighted by Crippen LogP contribution is -2.27. The standard InChI is InChI=1S/C14H21NO3/c1-5-7-8-9-12(15-10-6-2)13(16)11(3)14(17)18-4/h6,8-11H,5,7H2,1-4H3/b9-8+,10-6-,15-12-. The summed E-state index contributed by atoms with van der Waals surface area (Å²) in [5.74, 6) is -1.70. The first-order chi connectivity index (χ1) is 8.58. The van der Waals surface area contributed by atoms with Crippen LogP contribution in [0.25, 0.3) is 0 Å². The van der Waals surface area contributed by atoms with E-state index in [1.165, 1.54) is 20.2 Å². The predicted molar refractivity (Wildman–Crippen MR) is 72.5 cm³/mol. The quantitative estimate of drug-likeness (QED) is 0.397. The van der Waals surface area contributed by atoms with E-state index in [2.05, 4.69) is 9.73 Å². The summed E-state index contributed by atoms with van der Waals surface area (Å²) in [4.78, 5) is 27.4. The second-order valence-corrected chi connectivity index (χ2v) is 3.80. The smallest absolute Gasteiger partial charge is 0.316 e. The molecule has 4 heteroatoms. The average Bonchev–Trinajstić information content (AvgIpc) is 2.40. The van der Waals surface area contributed by atoms with Crippen LogP contribution in [0.5, 0.6) is 0 Å². The van der Waals surface area contributed by atoms with E-state index in [9.17, 15) is 9.59 Å². The maximum absolute atomic E-state index is 12.0.